The molecule has 0 unspecified atom stereocenters. The summed E-state index contributed by atoms with van der Waals surface area (Å²) in [4.78, 5) is 13.8. The fraction of sp³-hybridized carbons (Fsp3) is 0.786. The molecule has 2 saturated heterocycles. The van der Waals surface area contributed by atoms with Crippen LogP contribution in [0.3, 0.4) is 0 Å². The van der Waals surface area contributed by atoms with Crippen molar-refractivity contribution in [1.82, 2.24) is 20.2 Å². The third-order valence-corrected chi connectivity index (χ3v) is 5.65. The monoisotopic (exact) mass is 387 g/mol. The number of carbonyl (C=O) groups is 1. The third-order valence-electron chi connectivity index (χ3n) is 5.30. The number of carbonyl (C=O) groups excluding carboxylic acids is 1. The molecule has 3 N–H and O–H groups in total. The van der Waals surface area contributed by atoms with Crippen molar-refractivity contribution in [1.29, 1.82) is 0 Å². The molecule has 1 aromatic heterocycles. The van der Waals surface area contributed by atoms with Crippen LogP contribution in [0.1, 0.15) is 49.9 Å². The molecule has 3 heterocycles. The van der Waals surface area contributed by atoms with Crippen LogP contribution in [0.4, 0.5) is 4.79 Å². The van der Waals surface area contributed by atoms with Gasteiger partial charge in [-0.3, -0.25) is 4.55 Å². The molecule has 2 aliphatic heterocycles. The van der Waals surface area contributed by atoms with Gasteiger partial charge in [0.05, 0.1) is 6.04 Å². The third kappa shape index (κ3) is 3.41. The van der Waals surface area contributed by atoms with Crippen molar-refractivity contribution >= 4 is 16.4 Å². The van der Waals surface area contributed by atoms with Gasteiger partial charge in [0.2, 0.25) is 11.8 Å². The minimum absolute atomic E-state index is 0.274. The van der Waals surface area contributed by atoms with E-state index in [1.54, 1.807) is 0 Å². The van der Waals surface area contributed by atoms with Crippen molar-refractivity contribution in [3.8, 4) is 0 Å². The summed E-state index contributed by atoms with van der Waals surface area (Å²) >= 11 is 0. The number of hydrogen-bond acceptors (Lipinski definition) is 8. The lowest BCUT2D eigenvalue weighted by Crippen LogP contribution is -2.36. The molecular weight excluding hydrogens is 366 g/mol. The smallest absolute Gasteiger partial charge is 0.418 e. The fourth-order valence-electron chi connectivity index (χ4n) is 3.94. The van der Waals surface area contributed by atoms with E-state index in [2.05, 4.69) is 14.5 Å². The van der Waals surface area contributed by atoms with E-state index in [4.69, 9.17) is 14.7 Å². The Balaban J connectivity index is 1.40. The van der Waals surface area contributed by atoms with Crippen molar-refractivity contribution in [3.63, 3.8) is 0 Å². The van der Waals surface area contributed by atoms with Gasteiger partial charge in [-0.15, -0.1) is 14.5 Å². The molecule has 144 valence electrons. The minimum Gasteiger partial charge on any atom is -0.423 e. The van der Waals surface area contributed by atoms with Crippen LogP contribution in [-0.2, 0) is 21.1 Å². The van der Waals surface area contributed by atoms with E-state index in [0.29, 0.717) is 48.1 Å². The Hall–Kier alpha value is -1.76. The lowest BCUT2D eigenvalue weighted by atomic mass is 9.78. The molecule has 1 aliphatic carbocycles. The first-order valence-corrected chi connectivity index (χ1v) is 10.0. The van der Waals surface area contributed by atoms with Gasteiger partial charge in [0.1, 0.15) is 6.04 Å². The first kappa shape index (κ1) is 17.6. The maximum absolute atomic E-state index is 12.4. The topological polar surface area (TPSA) is 152 Å². The number of rotatable bonds is 6. The molecule has 1 saturated carbocycles. The lowest BCUT2D eigenvalue weighted by Gasteiger charge is -2.32. The quantitative estimate of drug-likeness (QED) is 0.661. The summed E-state index contributed by atoms with van der Waals surface area (Å²) in [7, 11) is -4.76. The van der Waals surface area contributed by atoms with Crippen LogP contribution in [0.2, 0.25) is 0 Å². The largest absolute Gasteiger partial charge is 0.423 e. The zero-order chi connectivity index (χ0) is 18.5. The van der Waals surface area contributed by atoms with Crippen molar-refractivity contribution in [2.45, 2.75) is 56.7 Å². The number of amides is 2. The van der Waals surface area contributed by atoms with Crippen molar-refractivity contribution in [3.05, 3.63) is 11.8 Å². The first-order chi connectivity index (χ1) is 12.3. The number of hydroxylamine groups is 2. The first-order valence-electron chi connectivity index (χ1n) is 8.65. The Bertz CT molecular complexity index is 792. The standard InChI is InChI=1S/C14H21N5O6S/c15-9-5-8(6-9)1-4-12-16-17-13(24-12)11-3-2-10-7-18(11)14(20)19(10)25-26(21,22)23/h8-11H,1-7,15H2,(H,21,22,23)/t8-,9+,10-,11-/m0/s1. The Kier molecular flexibility index (Phi) is 4.37. The van der Waals surface area contributed by atoms with Gasteiger partial charge >= 0.3 is 16.4 Å². The summed E-state index contributed by atoms with van der Waals surface area (Å²) in [6, 6.07) is -1.20. The Morgan fingerprint density at radius 1 is 1.31 bits per heavy atom. The number of aryl methyl sites for hydroxylation is 1. The average Bonchev–Trinajstić information content (AvgIpc) is 3.10. The molecule has 2 atom stereocenters. The molecule has 2 bridgehead atoms. The predicted molar refractivity (Wildman–Crippen MR) is 85.7 cm³/mol. The number of hydrogen-bond donors (Lipinski definition) is 2. The predicted octanol–water partition coefficient (Wildman–Crippen LogP) is 0.415. The van der Waals surface area contributed by atoms with Crippen molar-refractivity contribution in [2.75, 3.05) is 6.54 Å². The van der Waals surface area contributed by atoms with E-state index >= 15 is 0 Å². The maximum Gasteiger partial charge on any atom is 0.418 e. The van der Waals surface area contributed by atoms with Gasteiger partial charge in [0.15, 0.2) is 0 Å². The summed E-state index contributed by atoms with van der Waals surface area (Å²) in [6.45, 7) is 0.274. The number of piperidine rings is 1. The zero-order valence-corrected chi connectivity index (χ0v) is 14.8. The van der Waals surface area contributed by atoms with Gasteiger partial charge in [-0.25, -0.2) is 4.79 Å². The van der Waals surface area contributed by atoms with Gasteiger partial charge < -0.3 is 15.1 Å². The highest BCUT2D eigenvalue weighted by atomic mass is 32.3. The molecule has 4 rings (SSSR count). The molecule has 0 spiro atoms. The Morgan fingerprint density at radius 3 is 2.77 bits per heavy atom. The number of urea groups is 1. The van der Waals surface area contributed by atoms with E-state index in [1.165, 1.54) is 4.90 Å². The maximum atomic E-state index is 12.4. The average molecular weight is 387 g/mol. The molecule has 0 radical (unpaired) electrons. The SMILES string of the molecule is N[C@H]1C[C@@H](CCc2nnc([C@@H]3CC[C@H]4CN3C(=O)N4OS(=O)(=O)O)o2)C1. The van der Waals surface area contributed by atoms with E-state index < -0.39 is 28.5 Å². The molecule has 12 heteroatoms. The van der Waals surface area contributed by atoms with Crippen LogP contribution < -0.4 is 5.73 Å². The zero-order valence-electron chi connectivity index (χ0n) is 14.0. The van der Waals surface area contributed by atoms with Crippen LogP contribution in [0.15, 0.2) is 4.42 Å². The second kappa shape index (κ2) is 6.44. The van der Waals surface area contributed by atoms with Gasteiger partial charge in [-0.1, -0.05) is 0 Å². The van der Waals surface area contributed by atoms with Gasteiger partial charge in [-0.2, -0.15) is 13.5 Å². The molecule has 11 nitrogen and oxygen atoms in total. The van der Waals surface area contributed by atoms with Crippen LogP contribution in [0, 0.1) is 5.92 Å². The van der Waals surface area contributed by atoms with E-state index in [9.17, 15) is 13.2 Å². The summed E-state index contributed by atoms with van der Waals surface area (Å²) < 4.78 is 40.8. The molecule has 2 amide bonds. The van der Waals surface area contributed by atoms with Gasteiger partial charge in [0, 0.05) is 19.0 Å². The van der Waals surface area contributed by atoms with Crippen LogP contribution >= 0.6 is 0 Å². The fourth-order valence-corrected chi connectivity index (χ4v) is 4.33. The summed E-state index contributed by atoms with van der Waals surface area (Å²) in [6.07, 6.45) is 4.71. The second-order valence-corrected chi connectivity index (χ2v) is 8.18. The van der Waals surface area contributed by atoms with Crippen LogP contribution in [0.25, 0.3) is 0 Å². The molecule has 1 aromatic rings. The van der Waals surface area contributed by atoms with Crippen molar-refractivity contribution < 1.29 is 26.5 Å². The Morgan fingerprint density at radius 2 is 2.08 bits per heavy atom. The summed E-state index contributed by atoms with van der Waals surface area (Å²) in [5, 5.41) is 8.83. The van der Waals surface area contributed by atoms with Crippen LogP contribution in [0.5, 0.6) is 0 Å². The normalized spacial score (nSPS) is 31.4. The Labute approximate surface area is 150 Å². The summed E-state index contributed by atoms with van der Waals surface area (Å²) in [5.41, 5.74) is 5.78. The molecule has 0 aromatic carbocycles. The highest BCUT2D eigenvalue weighted by Crippen LogP contribution is 2.38. The molecular formula is C14H21N5O6S. The minimum atomic E-state index is -4.76. The lowest BCUT2D eigenvalue weighted by molar-refractivity contribution is -0.0317. The molecule has 3 fully saturated rings. The summed E-state index contributed by atoms with van der Waals surface area (Å²) in [5.74, 6) is 1.47. The second-order valence-electron chi connectivity index (χ2n) is 7.18. The number of nitrogens with two attached hydrogens (primary N) is 1. The highest BCUT2D eigenvalue weighted by molar-refractivity contribution is 7.80. The molecule has 3 aliphatic rings. The van der Waals surface area contributed by atoms with Crippen LogP contribution in [-0.4, -0.2) is 57.8 Å². The number of aromatic nitrogens is 2. The number of fused-ring (bicyclic) bond motifs is 2. The van der Waals surface area contributed by atoms with Gasteiger partial charge in [0.25, 0.3) is 0 Å². The van der Waals surface area contributed by atoms with Gasteiger partial charge in [-0.05, 0) is 38.0 Å². The molecule has 26 heavy (non-hydrogen) atoms. The van der Waals surface area contributed by atoms with E-state index in [0.717, 1.165) is 19.3 Å². The number of nitrogens with zero attached hydrogens (tertiary/aromatic N) is 4. The highest BCUT2D eigenvalue weighted by Gasteiger charge is 2.49. The van der Waals surface area contributed by atoms with E-state index in [1.807, 2.05) is 0 Å². The van der Waals surface area contributed by atoms with Crippen molar-refractivity contribution in [2.24, 2.45) is 11.7 Å². The van der Waals surface area contributed by atoms with E-state index in [-0.39, 0.29) is 6.54 Å².